The molecule has 2 N–H and O–H groups in total. The Hall–Kier alpha value is -1.44. The predicted molar refractivity (Wildman–Crippen MR) is 106 cm³/mol. The maximum absolute atomic E-state index is 9.17. The highest BCUT2D eigenvalue weighted by Gasteiger charge is 2.48. The molecule has 0 radical (unpaired) electrons. The second kappa shape index (κ2) is 7.18. The second-order valence-electron chi connectivity index (χ2n) is 9.51. The maximum Gasteiger partial charge on any atom is 0.224 e. The fourth-order valence-electron chi connectivity index (χ4n) is 5.69. The average Bonchev–Trinajstić information content (AvgIpc) is 3.11. The molecule has 3 atom stereocenters. The minimum absolute atomic E-state index is 0.0711. The van der Waals surface area contributed by atoms with Crippen LogP contribution in [0.15, 0.2) is 6.07 Å². The Bertz CT molecular complexity index is 660. The number of piperidine rings is 2. The Morgan fingerprint density at radius 2 is 1.96 bits per heavy atom. The Kier molecular flexibility index (Phi) is 5.03. The molecule has 7 heteroatoms. The molecule has 0 aliphatic carbocycles. The van der Waals surface area contributed by atoms with E-state index in [0.29, 0.717) is 18.4 Å². The zero-order valence-electron chi connectivity index (χ0n) is 16.9. The van der Waals surface area contributed by atoms with Crippen LogP contribution in [-0.4, -0.2) is 79.6 Å². The van der Waals surface area contributed by atoms with Crippen molar-refractivity contribution in [1.82, 2.24) is 14.9 Å². The molecule has 1 aromatic heterocycles. The van der Waals surface area contributed by atoms with Gasteiger partial charge in [-0.05, 0) is 30.7 Å². The number of hydrogen-bond acceptors (Lipinski definition) is 7. The number of aromatic nitrogens is 2. The topological polar surface area (TPSA) is 73.8 Å². The van der Waals surface area contributed by atoms with Crippen LogP contribution < -0.4 is 10.2 Å². The molecule has 3 aliphatic rings. The van der Waals surface area contributed by atoms with E-state index in [-0.39, 0.29) is 17.4 Å². The van der Waals surface area contributed by atoms with Gasteiger partial charge in [0, 0.05) is 51.3 Å². The number of ether oxygens (including phenoxy) is 1. The van der Waals surface area contributed by atoms with Crippen LogP contribution in [0, 0.1) is 10.8 Å². The standard InChI is InChI=1S/C20H33N5O2/c1-19-10-20(2,12-24(3)11-19)14-25(13-19)17-8-16(15-4-7-27-9-15)22-18(23-17)21-5-6-26/h8,15,26H,4-7,9-14H2,1-3H3,(H,21,22,23)/t15-,19-,20+/m0/s1. The lowest BCUT2D eigenvalue weighted by molar-refractivity contribution is 0.00506. The van der Waals surface area contributed by atoms with Crippen molar-refractivity contribution >= 4 is 11.8 Å². The molecular weight excluding hydrogens is 342 g/mol. The molecule has 27 heavy (non-hydrogen) atoms. The first-order chi connectivity index (χ1) is 12.9. The largest absolute Gasteiger partial charge is 0.395 e. The van der Waals surface area contributed by atoms with Gasteiger partial charge >= 0.3 is 0 Å². The molecule has 0 saturated carbocycles. The number of aliphatic hydroxyl groups excluding tert-OH is 1. The Balaban J connectivity index is 1.64. The van der Waals surface area contributed by atoms with Gasteiger partial charge in [0.25, 0.3) is 0 Å². The Labute approximate surface area is 162 Å². The molecule has 150 valence electrons. The fraction of sp³-hybridized carbons (Fsp3) is 0.800. The first-order valence-corrected chi connectivity index (χ1v) is 10.1. The molecule has 3 saturated heterocycles. The van der Waals surface area contributed by atoms with Gasteiger partial charge in [-0.2, -0.15) is 4.98 Å². The Morgan fingerprint density at radius 3 is 2.59 bits per heavy atom. The molecule has 3 fully saturated rings. The van der Waals surface area contributed by atoms with E-state index in [1.165, 1.54) is 6.42 Å². The highest BCUT2D eigenvalue weighted by Crippen LogP contribution is 2.46. The van der Waals surface area contributed by atoms with Crippen molar-refractivity contribution in [2.24, 2.45) is 10.8 Å². The number of nitrogens with one attached hydrogen (secondary N) is 1. The lowest BCUT2D eigenvalue weighted by Crippen LogP contribution is -2.61. The minimum atomic E-state index is 0.0711. The average molecular weight is 376 g/mol. The van der Waals surface area contributed by atoms with Crippen molar-refractivity contribution < 1.29 is 9.84 Å². The smallest absolute Gasteiger partial charge is 0.224 e. The van der Waals surface area contributed by atoms with Crippen molar-refractivity contribution in [3.05, 3.63) is 11.8 Å². The van der Waals surface area contributed by atoms with Gasteiger partial charge in [-0.1, -0.05) is 13.8 Å². The summed E-state index contributed by atoms with van der Waals surface area (Å²) in [5.74, 6) is 1.96. The van der Waals surface area contributed by atoms with Gasteiger partial charge in [-0.15, -0.1) is 0 Å². The van der Waals surface area contributed by atoms with E-state index in [9.17, 15) is 5.11 Å². The first-order valence-electron chi connectivity index (χ1n) is 10.1. The number of anilines is 2. The molecule has 0 amide bonds. The van der Waals surface area contributed by atoms with Crippen molar-refractivity contribution in [3.63, 3.8) is 0 Å². The molecule has 0 aromatic carbocycles. The molecule has 4 rings (SSSR count). The second-order valence-corrected chi connectivity index (χ2v) is 9.51. The summed E-state index contributed by atoms with van der Waals surface area (Å²) in [6.45, 7) is 11.2. The van der Waals surface area contributed by atoms with Gasteiger partial charge in [0.2, 0.25) is 5.95 Å². The monoisotopic (exact) mass is 375 g/mol. The molecule has 0 unspecified atom stereocenters. The third kappa shape index (κ3) is 4.05. The van der Waals surface area contributed by atoms with Crippen molar-refractivity contribution in [2.45, 2.75) is 32.6 Å². The van der Waals surface area contributed by atoms with Crippen LogP contribution >= 0.6 is 0 Å². The van der Waals surface area contributed by atoms with Crippen LogP contribution in [-0.2, 0) is 4.74 Å². The Morgan fingerprint density at radius 1 is 1.22 bits per heavy atom. The summed E-state index contributed by atoms with van der Waals surface area (Å²) >= 11 is 0. The van der Waals surface area contributed by atoms with E-state index in [1.807, 2.05) is 0 Å². The SMILES string of the molecule is CN1C[C@@]2(C)CN(c3cc([C@H]4CCOC4)nc(NCCO)n3)C[C@@](C)(C1)C2. The molecule has 1 aromatic rings. The van der Waals surface area contributed by atoms with Crippen LogP contribution in [0.2, 0.25) is 0 Å². The van der Waals surface area contributed by atoms with E-state index in [2.05, 4.69) is 42.1 Å². The minimum Gasteiger partial charge on any atom is -0.395 e. The number of fused-ring (bicyclic) bond motifs is 2. The first kappa shape index (κ1) is 18.9. The summed E-state index contributed by atoms with van der Waals surface area (Å²) < 4.78 is 5.58. The molecule has 0 spiro atoms. The van der Waals surface area contributed by atoms with Gasteiger partial charge in [0.15, 0.2) is 0 Å². The predicted octanol–water partition coefficient (Wildman–Crippen LogP) is 1.55. The molecule has 3 aliphatic heterocycles. The van der Waals surface area contributed by atoms with Crippen LogP contribution in [0.1, 0.15) is 38.3 Å². The van der Waals surface area contributed by atoms with E-state index in [4.69, 9.17) is 14.7 Å². The maximum atomic E-state index is 9.17. The van der Waals surface area contributed by atoms with Crippen molar-refractivity contribution in [2.75, 3.05) is 69.8 Å². The third-order valence-corrected chi connectivity index (χ3v) is 6.10. The quantitative estimate of drug-likeness (QED) is 0.809. The zero-order chi connectivity index (χ0) is 19.1. The number of rotatable bonds is 5. The normalized spacial score (nSPS) is 34.1. The van der Waals surface area contributed by atoms with Crippen LogP contribution in [0.5, 0.6) is 0 Å². The van der Waals surface area contributed by atoms with E-state index in [0.717, 1.165) is 57.3 Å². The van der Waals surface area contributed by atoms with Gasteiger partial charge in [-0.3, -0.25) is 0 Å². The number of aliphatic hydroxyl groups is 1. The van der Waals surface area contributed by atoms with Crippen molar-refractivity contribution in [3.8, 4) is 0 Å². The number of likely N-dealkylation sites (tertiary alicyclic amines) is 1. The lowest BCUT2D eigenvalue weighted by atomic mass is 9.65. The lowest BCUT2D eigenvalue weighted by Gasteiger charge is -2.56. The molecule has 2 bridgehead atoms. The van der Waals surface area contributed by atoms with E-state index >= 15 is 0 Å². The summed E-state index contributed by atoms with van der Waals surface area (Å²) in [7, 11) is 2.24. The zero-order valence-corrected chi connectivity index (χ0v) is 16.9. The highest BCUT2D eigenvalue weighted by atomic mass is 16.5. The van der Waals surface area contributed by atoms with Crippen molar-refractivity contribution in [1.29, 1.82) is 0 Å². The summed E-state index contributed by atoms with van der Waals surface area (Å²) in [4.78, 5) is 14.5. The highest BCUT2D eigenvalue weighted by molar-refractivity contribution is 5.47. The summed E-state index contributed by atoms with van der Waals surface area (Å²) in [6.07, 6.45) is 2.28. The van der Waals surface area contributed by atoms with E-state index < -0.39 is 0 Å². The van der Waals surface area contributed by atoms with E-state index in [1.54, 1.807) is 0 Å². The fourth-order valence-corrected chi connectivity index (χ4v) is 5.69. The van der Waals surface area contributed by atoms with Gasteiger partial charge in [0.05, 0.1) is 18.9 Å². The third-order valence-electron chi connectivity index (χ3n) is 6.10. The van der Waals surface area contributed by atoms with Gasteiger partial charge in [-0.25, -0.2) is 4.98 Å². The van der Waals surface area contributed by atoms with Gasteiger partial charge < -0.3 is 25.0 Å². The number of nitrogens with zero attached hydrogens (tertiary/aromatic N) is 4. The summed E-state index contributed by atoms with van der Waals surface area (Å²) in [6, 6.07) is 2.17. The van der Waals surface area contributed by atoms with Crippen LogP contribution in [0.3, 0.4) is 0 Å². The van der Waals surface area contributed by atoms with Crippen LogP contribution in [0.25, 0.3) is 0 Å². The molecule has 4 heterocycles. The number of hydrogen-bond donors (Lipinski definition) is 2. The summed E-state index contributed by atoms with van der Waals surface area (Å²) in [5.41, 5.74) is 1.61. The van der Waals surface area contributed by atoms with Crippen LogP contribution in [0.4, 0.5) is 11.8 Å². The summed E-state index contributed by atoms with van der Waals surface area (Å²) in [5, 5.41) is 12.3. The molecule has 7 nitrogen and oxygen atoms in total. The molecular formula is C20H33N5O2. The van der Waals surface area contributed by atoms with Gasteiger partial charge in [0.1, 0.15) is 5.82 Å².